The smallest absolute Gasteiger partial charge is 0.280 e. The SMILES string of the molecule is Cc1ccc(C(=O)C=Cc2ccc(-c3ccccc3[N+](=O)[O-])o2)cc1. The predicted molar refractivity (Wildman–Crippen MR) is 95.3 cm³/mol. The van der Waals surface area contributed by atoms with Crippen LogP contribution in [0.2, 0.25) is 0 Å². The van der Waals surface area contributed by atoms with Crippen LogP contribution >= 0.6 is 0 Å². The van der Waals surface area contributed by atoms with E-state index in [0.29, 0.717) is 22.6 Å². The fourth-order valence-corrected chi connectivity index (χ4v) is 2.40. The van der Waals surface area contributed by atoms with Crippen molar-refractivity contribution in [2.24, 2.45) is 0 Å². The Hall–Kier alpha value is -3.47. The number of aryl methyl sites for hydroxylation is 1. The lowest BCUT2D eigenvalue weighted by Gasteiger charge is -1.98. The van der Waals surface area contributed by atoms with E-state index in [1.807, 2.05) is 19.1 Å². The minimum Gasteiger partial charge on any atom is -0.456 e. The zero-order valence-corrected chi connectivity index (χ0v) is 13.5. The molecule has 0 fully saturated rings. The average Bonchev–Trinajstić information content (AvgIpc) is 3.09. The quantitative estimate of drug-likeness (QED) is 0.283. The van der Waals surface area contributed by atoms with E-state index in [4.69, 9.17) is 4.42 Å². The van der Waals surface area contributed by atoms with Crippen LogP contribution in [0.3, 0.4) is 0 Å². The van der Waals surface area contributed by atoms with Gasteiger partial charge in [0.1, 0.15) is 11.5 Å². The van der Waals surface area contributed by atoms with E-state index in [-0.39, 0.29) is 11.5 Å². The molecule has 25 heavy (non-hydrogen) atoms. The Morgan fingerprint density at radius 2 is 1.76 bits per heavy atom. The summed E-state index contributed by atoms with van der Waals surface area (Å²) in [6.45, 7) is 1.96. The maximum Gasteiger partial charge on any atom is 0.280 e. The van der Waals surface area contributed by atoms with Crippen LogP contribution in [0.5, 0.6) is 0 Å². The van der Waals surface area contributed by atoms with Crippen LogP contribution in [0.4, 0.5) is 5.69 Å². The van der Waals surface area contributed by atoms with Gasteiger partial charge in [0.05, 0.1) is 10.5 Å². The summed E-state index contributed by atoms with van der Waals surface area (Å²) < 4.78 is 5.62. The van der Waals surface area contributed by atoms with Gasteiger partial charge < -0.3 is 4.42 Å². The highest BCUT2D eigenvalue weighted by atomic mass is 16.6. The number of ketones is 1. The molecular weight excluding hydrogens is 318 g/mol. The fourth-order valence-electron chi connectivity index (χ4n) is 2.40. The molecule has 0 bridgehead atoms. The summed E-state index contributed by atoms with van der Waals surface area (Å²) in [5.74, 6) is 0.701. The van der Waals surface area contributed by atoms with Crippen LogP contribution in [0.1, 0.15) is 21.7 Å². The third-order valence-corrected chi connectivity index (χ3v) is 3.73. The number of hydrogen-bond donors (Lipinski definition) is 0. The van der Waals surface area contributed by atoms with Crippen LogP contribution < -0.4 is 0 Å². The fraction of sp³-hybridized carbons (Fsp3) is 0.0500. The van der Waals surface area contributed by atoms with Gasteiger partial charge in [0, 0.05) is 11.6 Å². The van der Waals surface area contributed by atoms with Crippen molar-refractivity contribution >= 4 is 17.5 Å². The number of furan rings is 1. The molecule has 0 aliphatic carbocycles. The Labute approximate surface area is 144 Å². The average molecular weight is 333 g/mol. The molecule has 0 saturated carbocycles. The van der Waals surface area contributed by atoms with E-state index in [1.165, 1.54) is 12.1 Å². The van der Waals surface area contributed by atoms with Gasteiger partial charge in [-0.3, -0.25) is 14.9 Å². The molecule has 0 radical (unpaired) electrons. The summed E-state index contributed by atoms with van der Waals surface area (Å²) in [6, 6.07) is 17.0. The van der Waals surface area contributed by atoms with Gasteiger partial charge in [-0.1, -0.05) is 42.0 Å². The first kappa shape index (κ1) is 16.4. The van der Waals surface area contributed by atoms with E-state index >= 15 is 0 Å². The number of carbonyl (C=O) groups is 1. The molecule has 0 amide bonds. The lowest BCUT2D eigenvalue weighted by Crippen LogP contribution is -1.93. The van der Waals surface area contributed by atoms with E-state index in [9.17, 15) is 14.9 Å². The van der Waals surface area contributed by atoms with Gasteiger partial charge >= 0.3 is 0 Å². The molecule has 0 atom stereocenters. The standard InChI is InChI=1S/C20H15NO4/c1-14-6-8-15(9-7-14)19(22)12-10-16-11-13-20(25-16)17-4-2-3-5-18(17)21(23)24/h2-13H,1H3. The molecule has 3 aromatic rings. The maximum atomic E-state index is 12.1. The highest BCUT2D eigenvalue weighted by Crippen LogP contribution is 2.31. The molecular formula is C20H15NO4. The molecule has 0 aliphatic heterocycles. The second-order valence-electron chi connectivity index (χ2n) is 5.54. The van der Waals surface area contributed by atoms with Crippen molar-refractivity contribution in [1.29, 1.82) is 0 Å². The third kappa shape index (κ3) is 3.72. The van der Waals surface area contributed by atoms with Gasteiger partial charge in [0.15, 0.2) is 5.78 Å². The lowest BCUT2D eigenvalue weighted by atomic mass is 10.1. The predicted octanol–water partition coefficient (Wildman–Crippen LogP) is 5.06. The van der Waals surface area contributed by atoms with E-state index in [2.05, 4.69) is 0 Å². The minimum atomic E-state index is -0.450. The summed E-state index contributed by atoms with van der Waals surface area (Å²) in [6.07, 6.45) is 2.98. The van der Waals surface area contributed by atoms with Crippen molar-refractivity contribution in [2.45, 2.75) is 6.92 Å². The molecule has 0 unspecified atom stereocenters. The first-order valence-corrected chi connectivity index (χ1v) is 7.67. The number of carbonyl (C=O) groups excluding carboxylic acids is 1. The summed E-state index contributed by atoms with van der Waals surface area (Å²) in [5.41, 5.74) is 2.05. The molecule has 5 nitrogen and oxygen atoms in total. The van der Waals surface area contributed by atoms with Crippen molar-refractivity contribution in [2.75, 3.05) is 0 Å². The number of benzene rings is 2. The number of hydrogen-bond acceptors (Lipinski definition) is 4. The van der Waals surface area contributed by atoms with Crippen molar-refractivity contribution in [3.63, 3.8) is 0 Å². The van der Waals surface area contributed by atoms with Crippen molar-refractivity contribution in [3.05, 3.63) is 93.7 Å². The highest BCUT2D eigenvalue weighted by molar-refractivity contribution is 6.06. The van der Waals surface area contributed by atoms with E-state index in [1.54, 1.807) is 48.5 Å². The lowest BCUT2D eigenvalue weighted by molar-refractivity contribution is -0.384. The third-order valence-electron chi connectivity index (χ3n) is 3.73. The molecule has 1 aromatic heterocycles. The van der Waals surface area contributed by atoms with Gasteiger partial charge in [-0.05, 0) is 37.3 Å². The molecule has 124 valence electrons. The molecule has 0 saturated heterocycles. The van der Waals surface area contributed by atoms with Gasteiger partial charge in [-0.15, -0.1) is 0 Å². The van der Waals surface area contributed by atoms with E-state index in [0.717, 1.165) is 5.56 Å². The largest absolute Gasteiger partial charge is 0.456 e. The molecule has 0 aliphatic rings. The van der Waals surface area contributed by atoms with Crippen LogP contribution in [-0.2, 0) is 0 Å². The van der Waals surface area contributed by atoms with Gasteiger partial charge in [-0.25, -0.2) is 0 Å². The number of rotatable bonds is 5. The van der Waals surface area contributed by atoms with Crippen molar-refractivity contribution in [1.82, 2.24) is 0 Å². The Morgan fingerprint density at radius 1 is 1.04 bits per heavy atom. The maximum absolute atomic E-state index is 12.1. The number of para-hydroxylation sites is 1. The Bertz CT molecular complexity index is 952. The molecule has 0 N–H and O–H groups in total. The summed E-state index contributed by atoms with van der Waals surface area (Å²) in [4.78, 5) is 22.8. The number of nitro benzene ring substituents is 1. The highest BCUT2D eigenvalue weighted by Gasteiger charge is 2.16. The van der Waals surface area contributed by atoms with Gasteiger partial charge in [0.2, 0.25) is 0 Å². The van der Waals surface area contributed by atoms with Gasteiger partial charge in [0.25, 0.3) is 5.69 Å². The Morgan fingerprint density at radius 3 is 2.48 bits per heavy atom. The summed E-state index contributed by atoms with van der Waals surface area (Å²) in [7, 11) is 0. The number of nitrogens with zero attached hydrogens (tertiary/aromatic N) is 1. The monoisotopic (exact) mass is 333 g/mol. The first-order chi connectivity index (χ1) is 12.0. The second kappa shape index (κ2) is 6.97. The molecule has 2 aromatic carbocycles. The zero-order chi connectivity index (χ0) is 17.8. The number of allylic oxidation sites excluding steroid dienone is 1. The summed E-state index contributed by atoms with van der Waals surface area (Å²) >= 11 is 0. The van der Waals surface area contributed by atoms with E-state index < -0.39 is 4.92 Å². The van der Waals surface area contributed by atoms with Crippen LogP contribution in [0, 0.1) is 17.0 Å². The normalized spacial score (nSPS) is 10.9. The summed E-state index contributed by atoms with van der Waals surface area (Å²) in [5, 5.41) is 11.1. The van der Waals surface area contributed by atoms with Crippen LogP contribution in [0.15, 0.2) is 71.2 Å². The molecule has 0 spiro atoms. The number of nitro groups is 1. The second-order valence-corrected chi connectivity index (χ2v) is 5.54. The van der Waals surface area contributed by atoms with Crippen LogP contribution in [-0.4, -0.2) is 10.7 Å². The first-order valence-electron chi connectivity index (χ1n) is 7.67. The van der Waals surface area contributed by atoms with Crippen LogP contribution in [0.25, 0.3) is 17.4 Å². The molecule has 1 heterocycles. The van der Waals surface area contributed by atoms with Gasteiger partial charge in [-0.2, -0.15) is 0 Å². The minimum absolute atomic E-state index is 0.0249. The zero-order valence-electron chi connectivity index (χ0n) is 13.5. The van der Waals surface area contributed by atoms with Crippen molar-refractivity contribution in [3.8, 4) is 11.3 Å². The Balaban J connectivity index is 1.81. The Kier molecular flexibility index (Phi) is 4.57. The molecule has 5 heteroatoms. The van der Waals surface area contributed by atoms with Crippen molar-refractivity contribution < 1.29 is 14.1 Å². The molecule has 3 rings (SSSR count). The topological polar surface area (TPSA) is 73.3 Å².